The number of hydrogen-bond donors (Lipinski definition) is 1. The lowest BCUT2D eigenvalue weighted by Crippen LogP contribution is -2.02. The Morgan fingerprint density at radius 2 is 2.00 bits per heavy atom. The maximum absolute atomic E-state index is 11.0. The molecule has 0 bridgehead atoms. The predicted molar refractivity (Wildman–Crippen MR) is 78.5 cm³/mol. The average molecular weight is 290 g/mol. The first-order valence-corrected chi connectivity index (χ1v) is 6.51. The molecule has 2 N–H and O–H groups in total. The lowest BCUT2D eigenvalue weighted by molar-refractivity contribution is -0.385. The number of nitrogens with two attached hydrogens (primary N) is 1. The molecule has 0 aliphatic rings. The number of benzene rings is 1. The standard InChI is InChI=1S/C14H18N4O3/c1-8-5-9(2)13(6-12(8)18(19)20)21-14-11(7-15)10(3)16-17(14)4/h5-6H,7,15H2,1-4H3. The SMILES string of the molecule is Cc1cc(C)c([N+](=O)[O-])cc1Oc1c(CN)c(C)nn1C. The molecule has 0 spiro atoms. The van der Waals surface area contributed by atoms with Gasteiger partial charge in [-0.15, -0.1) is 0 Å². The third kappa shape index (κ3) is 2.73. The number of ether oxygens (including phenoxy) is 1. The van der Waals surface area contributed by atoms with Crippen LogP contribution in [0.15, 0.2) is 12.1 Å². The van der Waals surface area contributed by atoms with Crippen LogP contribution in [0.4, 0.5) is 5.69 Å². The lowest BCUT2D eigenvalue weighted by Gasteiger charge is -2.11. The fourth-order valence-electron chi connectivity index (χ4n) is 2.28. The van der Waals surface area contributed by atoms with Gasteiger partial charge in [-0.2, -0.15) is 5.10 Å². The zero-order chi connectivity index (χ0) is 15.7. The number of nitro groups is 1. The molecule has 2 aromatic rings. The van der Waals surface area contributed by atoms with Crippen LogP contribution in [0.2, 0.25) is 0 Å². The van der Waals surface area contributed by atoms with Crippen molar-refractivity contribution in [3.8, 4) is 11.6 Å². The average Bonchev–Trinajstić information content (AvgIpc) is 2.66. The van der Waals surface area contributed by atoms with E-state index in [1.165, 1.54) is 6.07 Å². The minimum absolute atomic E-state index is 0.0313. The molecule has 7 heteroatoms. The highest BCUT2D eigenvalue weighted by Gasteiger charge is 2.19. The molecule has 1 aromatic heterocycles. The highest BCUT2D eigenvalue weighted by molar-refractivity contribution is 5.51. The smallest absolute Gasteiger partial charge is 0.276 e. The number of aromatic nitrogens is 2. The van der Waals surface area contributed by atoms with E-state index in [2.05, 4.69) is 5.10 Å². The van der Waals surface area contributed by atoms with Crippen LogP contribution in [0.25, 0.3) is 0 Å². The van der Waals surface area contributed by atoms with Crippen LogP contribution in [0.1, 0.15) is 22.4 Å². The molecule has 1 aromatic carbocycles. The summed E-state index contributed by atoms with van der Waals surface area (Å²) in [6, 6.07) is 3.17. The summed E-state index contributed by atoms with van der Waals surface area (Å²) in [5, 5.41) is 15.3. The quantitative estimate of drug-likeness (QED) is 0.689. The Hall–Kier alpha value is -2.41. The molecule has 0 unspecified atom stereocenters. The number of hydrogen-bond acceptors (Lipinski definition) is 5. The van der Waals surface area contributed by atoms with Gasteiger partial charge in [0.2, 0.25) is 5.88 Å². The molecule has 21 heavy (non-hydrogen) atoms. The van der Waals surface area contributed by atoms with Crippen molar-refractivity contribution in [2.24, 2.45) is 12.8 Å². The first kappa shape index (κ1) is 15.0. The summed E-state index contributed by atoms with van der Waals surface area (Å²) in [4.78, 5) is 10.6. The monoisotopic (exact) mass is 290 g/mol. The molecule has 0 fully saturated rings. The van der Waals surface area contributed by atoms with E-state index in [0.29, 0.717) is 23.7 Å². The molecule has 0 aliphatic heterocycles. The van der Waals surface area contributed by atoms with Crippen molar-refractivity contribution in [2.75, 3.05) is 0 Å². The molecule has 0 amide bonds. The Kier molecular flexibility index (Phi) is 3.95. The first-order valence-electron chi connectivity index (χ1n) is 6.51. The summed E-state index contributed by atoms with van der Waals surface area (Å²) in [6.07, 6.45) is 0. The van der Waals surface area contributed by atoms with Crippen molar-refractivity contribution < 1.29 is 9.66 Å². The normalized spacial score (nSPS) is 10.7. The molecular formula is C14H18N4O3. The fourth-order valence-corrected chi connectivity index (χ4v) is 2.28. The van der Waals surface area contributed by atoms with Gasteiger partial charge < -0.3 is 10.5 Å². The Morgan fingerprint density at radius 1 is 1.33 bits per heavy atom. The zero-order valence-corrected chi connectivity index (χ0v) is 12.5. The second-order valence-electron chi connectivity index (χ2n) is 4.96. The van der Waals surface area contributed by atoms with Crippen LogP contribution in [-0.2, 0) is 13.6 Å². The Labute approximate surface area is 122 Å². The highest BCUT2D eigenvalue weighted by atomic mass is 16.6. The van der Waals surface area contributed by atoms with Gasteiger partial charge in [0.15, 0.2) is 0 Å². The highest BCUT2D eigenvalue weighted by Crippen LogP contribution is 2.33. The minimum atomic E-state index is -0.417. The summed E-state index contributed by atoms with van der Waals surface area (Å²) >= 11 is 0. The third-order valence-electron chi connectivity index (χ3n) is 3.39. The summed E-state index contributed by atoms with van der Waals surface area (Å²) < 4.78 is 7.43. The van der Waals surface area contributed by atoms with E-state index in [1.54, 1.807) is 24.7 Å². The van der Waals surface area contributed by atoms with E-state index in [4.69, 9.17) is 10.5 Å². The van der Waals surface area contributed by atoms with E-state index < -0.39 is 4.92 Å². The molecule has 0 saturated carbocycles. The molecule has 0 saturated heterocycles. The Balaban J connectivity index is 2.49. The Morgan fingerprint density at radius 3 is 2.57 bits per heavy atom. The molecule has 0 radical (unpaired) electrons. The van der Waals surface area contributed by atoms with Crippen LogP contribution >= 0.6 is 0 Å². The Bertz CT molecular complexity index is 707. The fraction of sp³-hybridized carbons (Fsp3) is 0.357. The molecule has 112 valence electrons. The largest absolute Gasteiger partial charge is 0.438 e. The summed E-state index contributed by atoms with van der Waals surface area (Å²) in [6.45, 7) is 5.69. The van der Waals surface area contributed by atoms with Gasteiger partial charge in [-0.3, -0.25) is 10.1 Å². The van der Waals surface area contributed by atoms with Crippen LogP contribution in [-0.4, -0.2) is 14.7 Å². The zero-order valence-electron chi connectivity index (χ0n) is 12.5. The van der Waals surface area contributed by atoms with Crippen molar-refractivity contribution in [1.29, 1.82) is 0 Å². The van der Waals surface area contributed by atoms with Gasteiger partial charge >= 0.3 is 0 Å². The van der Waals surface area contributed by atoms with Gasteiger partial charge in [0.05, 0.1) is 22.2 Å². The predicted octanol–water partition coefficient (Wildman–Crippen LogP) is 2.50. The second-order valence-corrected chi connectivity index (χ2v) is 4.96. The van der Waals surface area contributed by atoms with Crippen LogP contribution in [0.5, 0.6) is 11.6 Å². The number of nitrogens with zero attached hydrogens (tertiary/aromatic N) is 3. The van der Waals surface area contributed by atoms with E-state index in [1.807, 2.05) is 13.8 Å². The van der Waals surface area contributed by atoms with Gasteiger partial charge in [-0.1, -0.05) is 0 Å². The molecule has 2 rings (SSSR count). The van der Waals surface area contributed by atoms with E-state index >= 15 is 0 Å². The lowest BCUT2D eigenvalue weighted by atomic mass is 10.1. The second kappa shape index (κ2) is 5.53. The van der Waals surface area contributed by atoms with Gasteiger partial charge in [0, 0.05) is 19.2 Å². The topological polar surface area (TPSA) is 96.2 Å². The van der Waals surface area contributed by atoms with Crippen molar-refractivity contribution in [3.63, 3.8) is 0 Å². The van der Waals surface area contributed by atoms with Gasteiger partial charge in [0.25, 0.3) is 5.69 Å². The van der Waals surface area contributed by atoms with Crippen molar-refractivity contribution in [1.82, 2.24) is 9.78 Å². The minimum Gasteiger partial charge on any atom is -0.438 e. The first-order chi connectivity index (χ1) is 9.85. The molecular weight excluding hydrogens is 272 g/mol. The van der Waals surface area contributed by atoms with E-state index in [9.17, 15) is 10.1 Å². The molecule has 1 heterocycles. The molecule has 7 nitrogen and oxygen atoms in total. The maximum Gasteiger partial charge on any atom is 0.276 e. The molecule has 0 aliphatic carbocycles. The van der Waals surface area contributed by atoms with Crippen LogP contribution in [0.3, 0.4) is 0 Å². The summed E-state index contributed by atoms with van der Waals surface area (Å²) in [7, 11) is 1.75. The van der Waals surface area contributed by atoms with Crippen LogP contribution in [0, 0.1) is 30.9 Å². The molecule has 0 atom stereocenters. The van der Waals surface area contributed by atoms with Crippen molar-refractivity contribution in [2.45, 2.75) is 27.3 Å². The maximum atomic E-state index is 11.0. The van der Waals surface area contributed by atoms with Gasteiger partial charge in [-0.05, 0) is 32.4 Å². The number of rotatable bonds is 4. The number of nitro benzene ring substituents is 1. The van der Waals surface area contributed by atoms with Crippen LogP contribution < -0.4 is 10.5 Å². The third-order valence-corrected chi connectivity index (χ3v) is 3.39. The summed E-state index contributed by atoms with van der Waals surface area (Å²) in [5.74, 6) is 0.946. The van der Waals surface area contributed by atoms with Gasteiger partial charge in [0.1, 0.15) is 5.75 Å². The van der Waals surface area contributed by atoms with E-state index in [0.717, 1.165) is 16.8 Å². The van der Waals surface area contributed by atoms with Gasteiger partial charge in [-0.25, -0.2) is 4.68 Å². The van der Waals surface area contributed by atoms with Crippen molar-refractivity contribution >= 4 is 5.69 Å². The summed E-state index contributed by atoms with van der Waals surface area (Å²) in [5.41, 5.74) is 8.75. The number of aryl methyl sites for hydroxylation is 4. The van der Waals surface area contributed by atoms with E-state index in [-0.39, 0.29) is 5.69 Å². The van der Waals surface area contributed by atoms with Crippen molar-refractivity contribution in [3.05, 3.63) is 44.6 Å².